The number of unbranched alkanes of at least 4 members (excludes halogenated alkanes) is 1. The van der Waals surface area contributed by atoms with E-state index in [1.54, 1.807) is 24.3 Å². The quantitative estimate of drug-likeness (QED) is 0.278. The molecule has 0 saturated carbocycles. The van der Waals surface area contributed by atoms with E-state index in [4.69, 9.17) is 5.73 Å². The number of rotatable bonds is 8. The number of ether oxygens (including phenoxy) is 1. The van der Waals surface area contributed by atoms with Crippen LogP contribution in [0.25, 0.3) is 0 Å². The molecule has 0 aromatic heterocycles. The molecule has 8 heteroatoms. The highest BCUT2D eigenvalue weighted by Crippen LogP contribution is 2.15. The van der Waals surface area contributed by atoms with Gasteiger partial charge in [-0.1, -0.05) is 37.6 Å². The van der Waals surface area contributed by atoms with Crippen molar-refractivity contribution in [2.45, 2.75) is 39.1 Å². The largest absolute Gasteiger partial charge is 0.411 e. The average molecular weight is 445 g/mol. The number of nitrogens with zero attached hydrogens (tertiary/aromatic N) is 1. The second-order valence-electron chi connectivity index (χ2n) is 4.91. The van der Waals surface area contributed by atoms with Crippen molar-refractivity contribution in [3.63, 3.8) is 0 Å². The molecule has 0 heterocycles. The lowest BCUT2D eigenvalue weighted by molar-refractivity contribution is -0.176. The van der Waals surface area contributed by atoms with Gasteiger partial charge in [-0.25, -0.2) is 4.99 Å². The van der Waals surface area contributed by atoms with E-state index in [-0.39, 0.29) is 30.6 Å². The van der Waals surface area contributed by atoms with Crippen LogP contribution in [0.3, 0.4) is 0 Å². The second-order valence-corrected chi connectivity index (χ2v) is 4.91. The van der Waals surface area contributed by atoms with Crippen LogP contribution in [-0.2, 0) is 17.9 Å². The van der Waals surface area contributed by atoms with Crippen LogP contribution in [0.1, 0.15) is 30.9 Å². The number of hydrogen-bond donors (Lipinski definition) is 2. The van der Waals surface area contributed by atoms with Crippen molar-refractivity contribution in [1.29, 1.82) is 0 Å². The molecule has 0 saturated heterocycles. The van der Waals surface area contributed by atoms with Crippen LogP contribution >= 0.6 is 24.0 Å². The summed E-state index contributed by atoms with van der Waals surface area (Å²) in [5, 5.41) is 3.01. The normalized spacial score (nSPS) is 11.9. The predicted molar refractivity (Wildman–Crippen MR) is 95.8 cm³/mol. The molecule has 0 aliphatic carbocycles. The van der Waals surface area contributed by atoms with Crippen molar-refractivity contribution in [1.82, 2.24) is 5.32 Å². The second kappa shape index (κ2) is 11.5. The lowest BCUT2D eigenvalue weighted by Crippen LogP contribution is -2.32. The Balaban J connectivity index is 0.00000484. The van der Waals surface area contributed by atoms with Gasteiger partial charge in [0.15, 0.2) is 5.96 Å². The van der Waals surface area contributed by atoms with E-state index in [0.29, 0.717) is 18.1 Å². The van der Waals surface area contributed by atoms with Crippen molar-refractivity contribution in [2.75, 3.05) is 13.2 Å². The highest BCUT2D eigenvalue weighted by Gasteiger charge is 2.27. The van der Waals surface area contributed by atoms with Gasteiger partial charge in [0.1, 0.15) is 6.61 Å². The lowest BCUT2D eigenvalue weighted by atomic mass is 10.1. The summed E-state index contributed by atoms with van der Waals surface area (Å²) >= 11 is 0. The Morgan fingerprint density at radius 1 is 1.22 bits per heavy atom. The van der Waals surface area contributed by atoms with Gasteiger partial charge in [-0.2, -0.15) is 13.2 Å². The first kappa shape index (κ1) is 22.0. The van der Waals surface area contributed by atoms with Crippen LogP contribution in [-0.4, -0.2) is 25.3 Å². The van der Waals surface area contributed by atoms with Crippen molar-refractivity contribution in [3.05, 3.63) is 35.4 Å². The fourth-order valence-corrected chi connectivity index (χ4v) is 1.65. The van der Waals surface area contributed by atoms with Crippen LogP contribution in [0.15, 0.2) is 29.3 Å². The van der Waals surface area contributed by atoms with Gasteiger partial charge in [-0.05, 0) is 17.5 Å². The molecule has 0 radical (unpaired) electrons. The minimum absolute atomic E-state index is 0. The smallest absolute Gasteiger partial charge is 0.370 e. The molecule has 0 amide bonds. The summed E-state index contributed by atoms with van der Waals surface area (Å²) in [6, 6.07) is 7.05. The van der Waals surface area contributed by atoms with Gasteiger partial charge in [0, 0.05) is 6.54 Å². The van der Waals surface area contributed by atoms with E-state index in [0.717, 1.165) is 24.9 Å². The van der Waals surface area contributed by atoms with E-state index in [1.165, 1.54) is 0 Å². The summed E-state index contributed by atoms with van der Waals surface area (Å²) in [5.74, 6) is 0.394. The highest BCUT2D eigenvalue weighted by molar-refractivity contribution is 14.0. The Bertz CT molecular complexity index is 464. The zero-order valence-electron chi connectivity index (χ0n) is 13.0. The minimum atomic E-state index is -4.29. The SMILES string of the molecule is CCCCNC(N)=NCc1ccc(COCC(F)(F)F)cc1.I. The molecule has 0 aliphatic rings. The third kappa shape index (κ3) is 11.2. The number of aliphatic imine (C=N–C) groups is 1. The molecule has 1 rings (SSSR count). The molecule has 0 bridgehead atoms. The van der Waals surface area contributed by atoms with Crippen molar-refractivity contribution in [2.24, 2.45) is 10.7 Å². The number of nitrogens with one attached hydrogen (secondary N) is 1. The average Bonchev–Trinajstić information content (AvgIpc) is 2.45. The molecule has 3 N–H and O–H groups in total. The number of hydrogen-bond acceptors (Lipinski definition) is 2. The molecule has 0 fully saturated rings. The maximum atomic E-state index is 12.0. The van der Waals surface area contributed by atoms with E-state index in [1.807, 2.05) is 0 Å². The number of benzene rings is 1. The molecule has 132 valence electrons. The molecule has 0 spiro atoms. The first-order valence-electron chi connectivity index (χ1n) is 7.17. The van der Waals surface area contributed by atoms with Crippen molar-refractivity contribution in [3.8, 4) is 0 Å². The van der Waals surface area contributed by atoms with Crippen LogP contribution < -0.4 is 11.1 Å². The van der Waals surface area contributed by atoms with E-state index in [9.17, 15) is 13.2 Å². The molecule has 23 heavy (non-hydrogen) atoms. The summed E-state index contributed by atoms with van der Waals surface area (Å²) in [4.78, 5) is 4.19. The van der Waals surface area contributed by atoms with Crippen LogP contribution in [0, 0.1) is 0 Å². The number of guanidine groups is 1. The number of halogens is 4. The third-order valence-electron chi connectivity index (χ3n) is 2.83. The van der Waals surface area contributed by atoms with Gasteiger partial charge < -0.3 is 15.8 Å². The monoisotopic (exact) mass is 445 g/mol. The van der Waals surface area contributed by atoms with Crippen molar-refractivity contribution < 1.29 is 17.9 Å². The zero-order valence-corrected chi connectivity index (χ0v) is 15.4. The molecule has 0 atom stereocenters. The maximum absolute atomic E-state index is 12.0. The Morgan fingerprint density at radius 3 is 2.39 bits per heavy atom. The summed E-state index contributed by atoms with van der Waals surface area (Å²) in [6.45, 7) is 2.01. The predicted octanol–water partition coefficient (Wildman–Crippen LogP) is 3.59. The topological polar surface area (TPSA) is 59.6 Å². The van der Waals surface area contributed by atoms with Gasteiger partial charge in [0.05, 0.1) is 13.2 Å². The Hall–Kier alpha value is -1.03. The van der Waals surface area contributed by atoms with Crippen molar-refractivity contribution >= 4 is 29.9 Å². The maximum Gasteiger partial charge on any atom is 0.411 e. The Labute approximate surface area is 151 Å². The van der Waals surface area contributed by atoms with Gasteiger partial charge >= 0.3 is 6.18 Å². The Kier molecular flexibility index (Phi) is 11.0. The summed E-state index contributed by atoms with van der Waals surface area (Å²) < 4.78 is 40.5. The van der Waals surface area contributed by atoms with Crippen LogP contribution in [0.4, 0.5) is 13.2 Å². The van der Waals surface area contributed by atoms with Gasteiger partial charge in [0.25, 0.3) is 0 Å². The van der Waals surface area contributed by atoms with Gasteiger partial charge in [-0.3, -0.25) is 0 Å². The summed E-state index contributed by atoms with van der Waals surface area (Å²) in [6.07, 6.45) is -2.18. The fourth-order valence-electron chi connectivity index (χ4n) is 1.65. The molecule has 4 nitrogen and oxygen atoms in total. The molecular weight excluding hydrogens is 422 g/mol. The van der Waals surface area contributed by atoms with Crippen LogP contribution in [0.2, 0.25) is 0 Å². The fraction of sp³-hybridized carbons (Fsp3) is 0.533. The first-order chi connectivity index (χ1) is 10.4. The highest BCUT2D eigenvalue weighted by atomic mass is 127. The third-order valence-corrected chi connectivity index (χ3v) is 2.83. The Morgan fingerprint density at radius 2 is 1.83 bits per heavy atom. The first-order valence-corrected chi connectivity index (χ1v) is 7.17. The molecule has 1 aromatic rings. The van der Waals surface area contributed by atoms with E-state index in [2.05, 4.69) is 22.0 Å². The minimum Gasteiger partial charge on any atom is -0.370 e. The summed E-state index contributed by atoms with van der Waals surface area (Å²) in [5.41, 5.74) is 7.33. The van der Waals surface area contributed by atoms with E-state index < -0.39 is 12.8 Å². The van der Waals surface area contributed by atoms with Gasteiger partial charge in [0.2, 0.25) is 0 Å². The molecule has 1 aromatic carbocycles. The van der Waals surface area contributed by atoms with E-state index >= 15 is 0 Å². The standard InChI is InChI=1S/C15H22F3N3O.HI/c1-2-3-8-20-14(19)21-9-12-4-6-13(7-5-12)10-22-11-15(16,17)18;/h4-7H,2-3,8-11H2,1H3,(H3,19,20,21);1H. The van der Waals surface area contributed by atoms with Crippen LogP contribution in [0.5, 0.6) is 0 Å². The molecule has 0 aliphatic heterocycles. The lowest BCUT2D eigenvalue weighted by Gasteiger charge is -2.08. The number of alkyl halides is 3. The van der Waals surface area contributed by atoms with Gasteiger partial charge in [-0.15, -0.1) is 24.0 Å². The summed E-state index contributed by atoms with van der Waals surface area (Å²) in [7, 11) is 0. The number of nitrogens with two attached hydrogens (primary N) is 1. The zero-order chi connectivity index (χ0) is 16.4. The molecular formula is C15H23F3IN3O. The molecule has 0 unspecified atom stereocenters.